The number of piperazine rings is 1. The molecule has 3 aromatic rings. The van der Waals surface area contributed by atoms with Gasteiger partial charge in [0, 0.05) is 37.8 Å². The second-order valence-electron chi connectivity index (χ2n) is 8.06. The van der Waals surface area contributed by atoms with Gasteiger partial charge < -0.3 is 15.1 Å². The molecule has 1 fully saturated rings. The van der Waals surface area contributed by atoms with E-state index < -0.39 is 17.7 Å². The van der Waals surface area contributed by atoms with Gasteiger partial charge in [-0.2, -0.15) is 0 Å². The highest BCUT2D eigenvalue weighted by Gasteiger charge is 2.23. The first kappa shape index (κ1) is 21.7. The number of carbonyl (C=O) groups excluding carboxylic acids is 1. The summed E-state index contributed by atoms with van der Waals surface area (Å²) in [5.41, 5.74) is 5.48. The first-order chi connectivity index (χ1) is 15.3. The van der Waals surface area contributed by atoms with E-state index in [1.54, 1.807) is 4.90 Å². The average Bonchev–Trinajstić information content (AvgIpc) is 2.78. The maximum absolute atomic E-state index is 13.8. The molecule has 1 N–H and O–H groups in total. The molecule has 2 heterocycles. The van der Waals surface area contributed by atoms with Gasteiger partial charge in [-0.3, -0.25) is 0 Å². The summed E-state index contributed by atoms with van der Waals surface area (Å²) >= 11 is 0. The molecule has 6 nitrogen and oxygen atoms in total. The molecule has 0 aliphatic carbocycles. The third-order valence-corrected chi connectivity index (χ3v) is 5.83. The average molecular weight is 437 g/mol. The van der Waals surface area contributed by atoms with Crippen molar-refractivity contribution in [3.05, 3.63) is 70.8 Å². The Balaban J connectivity index is 1.38. The number of benzene rings is 2. The summed E-state index contributed by atoms with van der Waals surface area (Å²) in [6.45, 7) is 8.31. The standard InChI is InChI=1S/C24H25F2N5O/c1-15-12-17(3)19(13-16(15)2)21-6-7-23(29-28-21)30-8-10-31(11-9-30)24(32)27-22-5-4-18(25)14-20(22)26/h4-7,12-14H,8-11H2,1-3H3,(H,27,32). The lowest BCUT2D eigenvalue weighted by Gasteiger charge is -2.35. The number of urea groups is 1. The minimum atomic E-state index is -0.800. The van der Waals surface area contributed by atoms with Gasteiger partial charge in [-0.15, -0.1) is 10.2 Å². The van der Waals surface area contributed by atoms with Crippen LogP contribution in [0.4, 0.5) is 25.1 Å². The molecule has 0 bridgehead atoms. The number of aryl methyl sites for hydroxylation is 3. The molecule has 1 saturated heterocycles. The molecule has 0 saturated carbocycles. The summed E-state index contributed by atoms with van der Waals surface area (Å²) in [7, 11) is 0. The van der Waals surface area contributed by atoms with Crippen LogP contribution in [-0.4, -0.2) is 47.3 Å². The number of carbonyl (C=O) groups is 1. The van der Waals surface area contributed by atoms with Crippen molar-refractivity contribution in [3.63, 3.8) is 0 Å². The monoisotopic (exact) mass is 437 g/mol. The Morgan fingerprint density at radius 1 is 0.875 bits per heavy atom. The summed E-state index contributed by atoms with van der Waals surface area (Å²) in [6, 6.07) is 10.9. The van der Waals surface area contributed by atoms with E-state index in [-0.39, 0.29) is 5.69 Å². The summed E-state index contributed by atoms with van der Waals surface area (Å²) in [6.07, 6.45) is 0. The lowest BCUT2D eigenvalue weighted by atomic mass is 9.99. The van der Waals surface area contributed by atoms with Crippen LogP contribution in [-0.2, 0) is 0 Å². The Morgan fingerprint density at radius 2 is 1.59 bits per heavy atom. The minimum absolute atomic E-state index is 0.0399. The molecule has 2 amide bonds. The van der Waals surface area contributed by atoms with E-state index >= 15 is 0 Å². The van der Waals surface area contributed by atoms with Crippen molar-refractivity contribution in [2.75, 3.05) is 36.4 Å². The molecule has 0 unspecified atom stereocenters. The van der Waals surface area contributed by atoms with Crippen LogP contribution in [0.2, 0.25) is 0 Å². The molecule has 1 aliphatic heterocycles. The van der Waals surface area contributed by atoms with Crippen molar-refractivity contribution in [1.82, 2.24) is 15.1 Å². The zero-order valence-corrected chi connectivity index (χ0v) is 18.3. The largest absolute Gasteiger partial charge is 0.352 e. The van der Waals surface area contributed by atoms with Crippen molar-refractivity contribution in [1.29, 1.82) is 0 Å². The number of aromatic nitrogens is 2. The van der Waals surface area contributed by atoms with Crippen LogP contribution < -0.4 is 10.2 Å². The Hall–Kier alpha value is -3.55. The van der Waals surface area contributed by atoms with E-state index in [4.69, 9.17) is 0 Å². The number of amides is 2. The van der Waals surface area contributed by atoms with Gasteiger partial charge in [0.05, 0.1) is 11.4 Å². The highest BCUT2D eigenvalue weighted by atomic mass is 19.1. The summed E-state index contributed by atoms with van der Waals surface area (Å²) in [5.74, 6) is -0.736. The van der Waals surface area contributed by atoms with Crippen LogP contribution in [0.15, 0.2) is 42.5 Å². The number of nitrogens with zero attached hydrogens (tertiary/aromatic N) is 4. The quantitative estimate of drug-likeness (QED) is 0.645. The number of hydrogen-bond acceptors (Lipinski definition) is 4. The third kappa shape index (κ3) is 4.54. The Bertz CT molecular complexity index is 1140. The summed E-state index contributed by atoms with van der Waals surface area (Å²) in [4.78, 5) is 16.1. The lowest BCUT2D eigenvalue weighted by Crippen LogP contribution is -2.50. The maximum Gasteiger partial charge on any atom is 0.322 e. The minimum Gasteiger partial charge on any atom is -0.352 e. The molecule has 0 atom stereocenters. The fourth-order valence-electron chi connectivity index (χ4n) is 3.80. The number of anilines is 2. The molecule has 2 aromatic carbocycles. The van der Waals surface area contributed by atoms with Crippen LogP contribution in [0, 0.1) is 32.4 Å². The maximum atomic E-state index is 13.8. The third-order valence-electron chi connectivity index (χ3n) is 5.83. The molecular formula is C24H25F2N5O. The first-order valence-corrected chi connectivity index (χ1v) is 10.5. The Morgan fingerprint density at radius 3 is 2.25 bits per heavy atom. The number of hydrogen-bond donors (Lipinski definition) is 1. The molecule has 1 aromatic heterocycles. The van der Waals surface area contributed by atoms with Crippen LogP contribution in [0.3, 0.4) is 0 Å². The van der Waals surface area contributed by atoms with E-state index in [2.05, 4.69) is 53.3 Å². The predicted molar refractivity (Wildman–Crippen MR) is 121 cm³/mol. The number of rotatable bonds is 3. The molecule has 32 heavy (non-hydrogen) atoms. The van der Waals surface area contributed by atoms with E-state index in [1.807, 2.05) is 12.1 Å². The zero-order chi connectivity index (χ0) is 22.8. The van der Waals surface area contributed by atoms with Crippen molar-refractivity contribution in [2.45, 2.75) is 20.8 Å². The number of halogens is 2. The van der Waals surface area contributed by atoms with Gasteiger partial charge in [-0.05, 0) is 67.8 Å². The summed E-state index contributed by atoms with van der Waals surface area (Å²) < 4.78 is 26.8. The fourth-order valence-corrected chi connectivity index (χ4v) is 3.80. The van der Waals surface area contributed by atoms with Crippen LogP contribution in [0.1, 0.15) is 16.7 Å². The number of nitrogens with one attached hydrogen (secondary N) is 1. The second kappa shape index (κ2) is 8.90. The van der Waals surface area contributed by atoms with Crippen LogP contribution in [0.5, 0.6) is 0 Å². The highest BCUT2D eigenvalue weighted by molar-refractivity contribution is 5.89. The summed E-state index contributed by atoms with van der Waals surface area (Å²) in [5, 5.41) is 11.3. The van der Waals surface area contributed by atoms with Crippen molar-refractivity contribution in [2.24, 2.45) is 0 Å². The SMILES string of the molecule is Cc1cc(C)c(-c2ccc(N3CCN(C(=O)Nc4ccc(F)cc4F)CC3)nn2)cc1C. The zero-order valence-electron chi connectivity index (χ0n) is 18.3. The van der Waals surface area contributed by atoms with Gasteiger partial charge in [0.15, 0.2) is 5.82 Å². The van der Waals surface area contributed by atoms with Gasteiger partial charge in [-0.25, -0.2) is 13.6 Å². The fraction of sp³-hybridized carbons (Fsp3) is 0.292. The van der Waals surface area contributed by atoms with Crippen molar-refractivity contribution < 1.29 is 13.6 Å². The van der Waals surface area contributed by atoms with Gasteiger partial charge in [0.2, 0.25) is 0 Å². The topological polar surface area (TPSA) is 61.4 Å². The first-order valence-electron chi connectivity index (χ1n) is 10.5. The van der Waals surface area contributed by atoms with E-state index in [1.165, 1.54) is 17.2 Å². The van der Waals surface area contributed by atoms with Gasteiger partial charge in [-0.1, -0.05) is 6.07 Å². The molecule has 8 heteroatoms. The van der Waals surface area contributed by atoms with E-state index in [9.17, 15) is 13.6 Å². The smallest absolute Gasteiger partial charge is 0.322 e. The van der Waals surface area contributed by atoms with Gasteiger partial charge >= 0.3 is 6.03 Å². The predicted octanol–water partition coefficient (Wildman–Crippen LogP) is 4.70. The molecule has 4 rings (SSSR count). The van der Waals surface area contributed by atoms with Gasteiger partial charge in [0.1, 0.15) is 11.6 Å². The van der Waals surface area contributed by atoms with E-state index in [0.29, 0.717) is 26.2 Å². The normalized spacial score (nSPS) is 13.9. The van der Waals surface area contributed by atoms with E-state index in [0.717, 1.165) is 34.8 Å². The molecule has 0 spiro atoms. The van der Waals surface area contributed by atoms with Gasteiger partial charge in [0.25, 0.3) is 0 Å². The Kier molecular flexibility index (Phi) is 6.03. The molecule has 0 radical (unpaired) electrons. The van der Waals surface area contributed by atoms with Crippen molar-refractivity contribution >= 4 is 17.5 Å². The Labute approximate surface area is 185 Å². The molecule has 1 aliphatic rings. The highest BCUT2D eigenvalue weighted by Crippen LogP contribution is 2.26. The van der Waals surface area contributed by atoms with Crippen LogP contribution in [0.25, 0.3) is 11.3 Å². The lowest BCUT2D eigenvalue weighted by molar-refractivity contribution is 0.208. The molecular weight excluding hydrogens is 412 g/mol. The van der Waals surface area contributed by atoms with Crippen molar-refractivity contribution in [3.8, 4) is 11.3 Å². The van der Waals surface area contributed by atoms with Crippen LogP contribution >= 0.6 is 0 Å². The second-order valence-corrected chi connectivity index (χ2v) is 8.06. The molecule has 166 valence electrons.